The molecular weight excluding hydrogens is 402 g/mol. The average molecular weight is 436 g/mol. The first-order chi connectivity index (χ1) is 15.1. The van der Waals surface area contributed by atoms with E-state index in [0.29, 0.717) is 11.3 Å². The van der Waals surface area contributed by atoms with Crippen LogP contribution in [-0.4, -0.2) is 25.1 Å². The van der Waals surface area contributed by atoms with Gasteiger partial charge >= 0.3 is 0 Å². The van der Waals surface area contributed by atoms with Gasteiger partial charge in [-0.15, -0.1) is 0 Å². The quantitative estimate of drug-likeness (QED) is 0.344. The van der Waals surface area contributed by atoms with Crippen LogP contribution in [0, 0.1) is 0 Å². The molecule has 0 bridgehead atoms. The van der Waals surface area contributed by atoms with Gasteiger partial charge in [-0.3, -0.25) is 4.90 Å². The van der Waals surface area contributed by atoms with E-state index in [9.17, 15) is 8.42 Å². The first-order valence-corrected chi connectivity index (χ1v) is 12.8. The van der Waals surface area contributed by atoms with Crippen LogP contribution in [0.25, 0.3) is 0 Å². The fraction of sp³-hybridized carbons (Fsp3) is 0.333. The maximum absolute atomic E-state index is 12.9. The molecule has 0 aliphatic rings. The third kappa shape index (κ3) is 7.34. The Morgan fingerprint density at radius 2 is 1.19 bits per heavy atom. The zero-order chi connectivity index (χ0) is 21.9. The van der Waals surface area contributed by atoms with Gasteiger partial charge in [-0.1, -0.05) is 98.6 Å². The second-order valence-corrected chi connectivity index (χ2v) is 10.2. The summed E-state index contributed by atoms with van der Waals surface area (Å²) in [5, 5.41) is 0. The van der Waals surface area contributed by atoms with Gasteiger partial charge in [0.25, 0.3) is 0 Å². The van der Waals surface area contributed by atoms with Crippen molar-refractivity contribution < 1.29 is 8.42 Å². The van der Waals surface area contributed by atoms with Crippen molar-refractivity contribution in [1.29, 1.82) is 0 Å². The zero-order valence-corrected chi connectivity index (χ0v) is 19.2. The molecule has 1 atom stereocenters. The van der Waals surface area contributed by atoms with E-state index in [1.165, 1.54) is 11.1 Å². The maximum Gasteiger partial charge on any atom is 0.178 e. The molecular formula is C27H33NO2S. The van der Waals surface area contributed by atoms with E-state index >= 15 is 0 Å². The van der Waals surface area contributed by atoms with Gasteiger partial charge in [-0.25, -0.2) is 8.42 Å². The highest BCUT2D eigenvalue weighted by atomic mass is 32.2. The molecule has 0 N–H and O–H groups in total. The van der Waals surface area contributed by atoms with E-state index in [1.54, 1.807) is 24.3 Å². The SMILES string of the molecule is CCCC[C@H](CCS(=O)(=O)c1ccccc1)N(Cc1ccccc1)Cc1ccccc1. The van der Waals surface area contributed by atoms with E-state index in [-0.39, 0.29) is 11.8 Å². The molecule has 0 aliphatic heterocycles. The number of hydrogen-bond acceptors (Lipinski definition) is 3. The highest BCUT2D eigenvalue weighted by Gasteiger charge is 2.23. The van der Waals surface area contributed by atoms with Gasteiger partial charge in [0.1, 0.15) is 0 Å². The molecule has 0 heterocycles. The Morgan fingerprint density at radius 1 is 0.710 bits per heavy atom. The van der Waals surface area contributed by atoms with Crippen LogP contribution in [0.2, 0.25) is 0 Å². The van der Waals surface area contributed by atoms with Gasteiger partial charge in [-0.05, 0) is 36.1 Å². The Hall–Kier alpha value is -2.43. The molecule has 0 fully saturated rings. The predicted octanol–water partition coefficient (Wildman–Crippen LogP) is 6.11. The summed E-state index contributed by atoms with van der Waals surface area (Å²) in [4.78, 5) is 2.88. The second kappa shape index (κ2) is 11.8. The lowest BCUT2D eigenvalue weighted by Crippen LogP contribution is -2.36. The van der Waals surface area contributed by atoms with E-state index in [1.807, 2.05) is 18.2 Å². The van der Waals surface area contributed by atoms with Crippen LogP contribution in [0.15, 0.2) is 95.9 Å². The largest absolute Gasteiger partial charge is 0.292 e. The number of nitrogens with zero attached hydrogens (tertiary/aromatic N) is 1. The van der Waals surface area contributed by atoms with Crippen molar-refractivity contribution in [3.63, 3.8) is 0 Å². The molecule has 4 heteroatoms. The van der Waals surface area contributed by atoms with E-state index in [4.69, 9.17) is 0 Å². The van der Waals surface area contributed by atoms with Gasteiger partial charge < -0.3 is 0 Å². The third-order valence-electron chi connectivity index (χ3n) is 5.69. The van der Waals surface area contributed by atoms with Crippen LogP contribution in [0.3, 0.4) is 0 Å². The summed E-state index contributed by atoms with van der Waals surface area (Å²) in [5.74, 6) is 0.172. The van der Waals surface area contributed by atoms with Crippen molar-refractivity contribution in [2.45, 2.75) is 56.6 Å². The highest BCUT2D eigenvalue weighted by Crippen LogP contribution is 2.22. The summed E-state index contributed by atoms with van der Waals surface area (Å²) >= 11 is 0. The molecule has 3 aromatic rings. The Kier molecular flexibility index (Phi) is 8.86. The molecule has 3 nitrogen and oxygen atoms in total. The maximum atomic E-state index is 12.9. The minimum absolute atomic E-state index is 0.172. The van der Waals surface area contributed by atoms with Crippen molar-refractivity contribution >= 4 is 9.84 Å². The molecule has 0 saturated heterocycles. The van der Waals surface area contributed by atoms with Crippen LogP contribution in [0.1, 0.15) is 43.7 Å². The van der Waals surface area contributed by atoms with Gasteiger partial charge in [0.15, 0.2) is 9.84 Å². The number of sulfone groups is 1. The molecule has 164 valence electrons. The molecule has 0 amide bonds. The summed E-state index contributed by atoms with van der Waals surface area (Å²) < 4.78 is 25.9. The Bertz CT molecular complexity index is 948. The monoisotopic (exact) mass is 435 g/mol. The molecule has 0 aromatic heterocycles. The minimum Gasteiger partial charge on any atom is -0.292 e. The zero-order valence-electron chi connectivity index (χ0n) is 18.4. The normalized spacial score (nSPS) is 12.7. The summed E-state index contributed by atoms with van der Waals surface area (Å²) in [6.07, 6.45) is 3.83. The molecule has 0 radical (unpaired) electrons. The lowest BCUT2D eigenvalue weighted by molar-refractivity contribution is 0.162. The summed E-state index contributed by atoms with van der Waals surface area (Å²) in [6.45, 7) is 3.82. The fourth-order valence-electron chi connectivity index (χ4n) is 3.94. The van der Waals surface area contributed by atoms with Crippen molar-refractivity contribution in [2.75, 3.05) is 5.75 Å². The predicted molar refractivity (Wildman–Crippen MR) is 129 cm³/mol. The van der Waals surface area contributed by atoms with Crippen LogP contribution in [-0.2, 0) is 22.9 Å². The smallest absolute Gasteiger partial charge is 0.178 e. The fourth-order valence-corrected chi connectivity index (χ4v) is 5.33. The lowest BCUT2D eigenvalue weighted by atomic mass is 10.0. The number of unbranched alkanes of at least 4 members (excludes halogenated alkanes) is 1. The Balaban J connectivity index is 1.81. The molecule has 0 aliphatic carbocycles. The Morgan fingerprint density at radius 3 is 1.68 bits per heavy atom. The van der Waals surface area contributed by atoms with Crippen LogP contribution in [0.5, 0.6) is 0 Å². The van der Waals surface area contributed by atoms with Crippen molar-refractivity contribution in [1.82, 2.24) is 4.90 Å². The first kappa shape index (κ1) is 23.2. The average Bonchev–Trinajstić information content (AvgIpc) is 2.81. The Labute approximate surface area is 187 Å². The van der Waals surface area contributed by atoms with Gasteiger partial charge in [0, 0.05) is 19.1 Å². The first-order valence-electron chi connectivity index (χ1n) is 11.2. The number of hydrogen-bond donors (Lipinski definition) is 0. The molecule has 31 heavy (non-hydrogen) atoms. The van der Waals surface area contributed by atoms with Gasteiger partial charge in [-0.2, -0.15) is 0 Å². The summed E-state index contributed by atoms with van der Waals surface area (Å²) in [5.41, 5.74) is 2.51. The second-order valence-electron chi connectivity index (χ2n) is 8.09. The van der Waals surface area contributed by atoms with Crippen LogP contribution in [0.4, 0.5) is 0 Å². The summed E-state index contributed by atoms with van der Waals surface area (Å²) in [7, 11) is -3.29. The third-order valence-corrected chi connectivity index (χ3v) is 7.45. The van der Waals surface area contributed by atoms with E-state index in [0.717, 1.165) is 32.4 Å². The highest BCUT2D eigenvalue weighted by molar-refractivity contribution is 7.91. The summed E-state index contributed by atoms with van der Waals surface area (Å²) in [6, 6.07) is 30.0. The minimum atomic E-state index is -3.29. The number of rotatable bonds is 12. The van der Waals surface area contributed by atoms with Crippen molar-refractivity contribution in [3.05, 3.63) is 102 Å². The van der Waals surface area contributed by atoms with E-state index < -0.39 is 9.84 Å². The van der Waals surface area contributed by atoms with Crippen molar-refractivity contribution in [3.8, 4) is 0 Å². The standard InChI is InChI=1S/C27H33NO2S/c1-2-3-17-26(20-21-31(29,30)27-18-11-6-12-19-27)28(22-24-13-7-4-8-14-24)23-25-15-9-5-10-16-25/h4-16,18-19,26H,2-3,17,20-23H2,1H3/t26-/m1/s1. The van der Waals surface area contributed by atoms with E-state index in [2.05, 4.69) is 60.4 Å². The number of benzene rings is 3. The molecule has 0 unspecified atom stereocenters. The van der Waals surface area contributed by atoms with Gasteiger partial charge in [0.05, 0.1) is 10.6 Å². The molecule has 0 spiro atoms. The van der Waals surface area contributed by atoms with Crippen LogP contribution < -0.4 is 0 Å². The van der Waals surface area contributed by atoms with Crippen LogP contribution >= 0.6 is 0 Å². The molecule has 3 aromatic carbocycles. The molecule has 0 saturated carbocycles. The molecule has 3 rings (SSSR count). The van der Waals surface area contributed by atoms with Crippen molar-refractivity contribution in [2.24, 2.45) is 0 Å². The van der Waals surface area contributed by atoms with Gasteiger partial charge in [0.2, 0.25) is 0 Å². The topological polar surface area (TPSA) is 37.4 Å². The lowest BCUT2D eigenvalue weighted by Gasteiger charge is -2.32.